The van der Waals surface area contributed by atoms with E-state index in [1.165, 1.54) is 17.5 Å². The van der Waals surface area contributed by atoms with Crippen LogP contribution >= 0.6 is 0 Å². The molecule has 0 bridgehead atoms. The van der Waals surface area contributed by atoms with Crippen molar-refractivity contribution in [1.82, 2.24) is 20.2 Å². The summed E-state index contributed by atoms with van der Waals surface area (Å²) in [5.74, 6) is -0.568. The molecule has 7 heteroatoms. The smallest absolute Gasteiger partial charge is 0.292 e. The molecule has 134 valence electrons. The molecule has 0 radical (unpaired) electrons. The molecule has 0 saturated heterocycles. The van der Waals surface area contributed by atoms with Gasteiger partial charge in [0.15, 0.2) is 6.39 Å². The predicted molar refractivity (Wildman–Crippen MR) is 92.7 cm³/mol. The van der Waals surface area contributed by atoms with Crippen LogP contribution in [0.4, 0.5) is 0 Å². The molecular weight excluding hydrogens is 320 g/mol. The molecule has 0 fully saturated rings. The largest absolute Gasteiger partial charge is 0.438 e. The number of nitrogens with one attached hydrogen (secondary N) is 1. The van der Waals surface area contributed by atoms with Crippen LogP contribution in [0.25, 0.3) is 0 Å². The van der Waals surface area contributed by atoms with Gasteiger partial charge in [0.2, 0.25) is 11.7 Å². The number of carbonyl (C=O) groups excluding carboxylic acids is 2. The SMILES string of the molecule is CC(C)NC(=O)C(c1ccncc1)N(C(=O)c1cnco1)C(C)(C)C. The highest BCUT2D eigenvalue weighted by molar-refractivity contribution is 5.96. The molecule has 1 unspecified atom stereocenters. The second-order valence-corrected chi connectivity index (χ2v) is 7.06. The second-order valence-electron chi connectivity index (χ2n) is 7.06. The molecule has 0 aliphatic carbocycles. The van der Waals surface area contributed by atoms with Crippen molar-refractivity contribution < 1.29 is 14.0 Å². The van der Waals surface area contributed by atoms with Gasteiger partial charge >= 0.3 is 0 Å². The van der Waals surface area contributed by atoms with Crippen molar-refractivity contribution in [2.75, 3.05) is 0 Å². The van der Waals surface area contributed by atoms with Gasteiger partial charge in [-0.15, -0.1) is 0 Å². The third kappa shape index (κ3) is 4.43. The topological polar surface area (TPSA) is 88.3 Å². The molecule has 1 atom stereocenters. The molecule has 1 N–H and O–H groups in total. The molecule has 0 aliphatic heterocycles. The number of pyridine rings is 1. The third-order valence-electron chi connectivity index (χ3n) is 3.54. The number of nitrogens with zero attached hydrogens (tertiary/aromatic N) is 3. The normalized spacial score (nSPS) is 12.7. The fraction of sp³-hybridized carbons (Fsp3) is 0.444. The monoisotopic (exact) mass is 344 g/mol. The van der Waals surface area contributed by atoms with Crippen molar-refractivity contribution in [1.29, 1.82) is 0 Å². The Morgan fingerprint density at radius 1 is 1.16 bits per heavy atom. The van der Waals surface area contributed by atoms with Crippen LogP contribution in [-0.4, -0.2) is 38.3 Å². The predicted octanol–water partition coefficient (Wildman–Crippen LogP) is 2.58. The number of hydrogen-bond donors (Lipinski definition) is 1. The average Bonchev–Trinajstić information content (AvgIpc) is 3.05. The van der Waals surface area contributed by atoms with E-state index in [0.29, 0.717) is 5.56 Å². The lowest BCUT2D eigenvalue weighted by molar-refractivity contribution is -0.128. The number of carbonyl (C=O) groups is 2. The Labute approximate surface area is 147 Å². The maximum absolute atomic E-state index is 13.1. The van der Waals surface area contributed by atoms with Gasteiger partial charge in [0.05, 0.1) is 6.20 Å². The van der Waals surface area contributed by atoms with E-state index in [1.807, 2.05) is 34.6 Å². The van der Waals surface area contributed by atoms with Gasteiger partial charge < -0.3 is 14.6 Å². The van der Waals surface area contributed by atoms with E-state index in [0.717, 1.165) is 0 Å². The van der Waals surface area contributed by atoms with Gasteiger partial charge in [0, 0.05) is 24.0 Å². The fourth-order valence-corrected chi connectivity index (χ4v) is 2.58. The summed E-state index contributed by atoms with van der Waals surface area (Å²) in [5.41, 5.74) is 0.0440. The van der Waals surface area contributed by atoms with Crippen molar-refractivity contribution in [3.05, 3.63) is 48.4 Å². The van der Waals surface area contributed by atoms with Crippen LogP contribution in [0.2, 0.25) is 0 Å². The molecular formula is C18H24N4O3. The van der Waals surface area contributed by atoms with Gasteiger partial charge in [-0.25, -0.2) is 4.98 Å². The zero-order chi connectivity index (χ0) is 18.6. The van der Waals surface area contributed by atoms with Gasteiger partial charge in [-0.2, -0.15) is 0 Å². The molecule has 2 amide bonds. The van der Waals surface area contributed by atoms with Gasteiger partial charge in [-0.3, -0.25) is 14.6 Å². The minimum Gasteiger partial charge on any atom is -0.438 e. The van der Waals surface area contributed by atoms with Crippen LogP contribution in [0.1, 0.15) is 56.8 Å². The minimum absolute atomic E-state index is 0.0564. The lowest BCUT2D eigenvalue weighted by atomic mass is 9.96. The first-order chi connectivity index (χ1) is 11.7. The molecule has 0 aromatic carbocycles. The first kappa shape index (κ1) is 18.6. The van der Waals surface area contributed by atoms with Gasteiger partial charge in [0.25, 0.3) is 5.91 Å². The summed E-state index contributed by atoms with van der Waals surface area (Å²) in [5, 5.41) is 2.89. The Bertz CT molecular complexity index is 706. The van der Waals surface area contributed by atoms with Crippen molar-refractivity contribution >= 4 is 11.8 Å². The molecule has 25 heavy (non-hydrogen) atoms. The van der Waals surface area contributed by atoms with Gasteiger partial charge in [-0.05, 0) is 52.3 Å². The van der Waals surface area contributed by atoms with Crippen LogP contribution < -0.4 is 5.32 Å². The second kappa shape index (κ2) is 7.46. The van der Waals surface area contributed by atoms with E-state index in [9.17, 15) is 9.59 Å². The maximum Gasteiger partial charge on any atom is 0.292 e. The zero-order valence-electron chi connectivity index (χ0n) is 15.2. The molecule has 2 heterocycles. The minimum atomic E-state index is -0.817. The molecule has 7 nitrogen and oxygen atoms in total. The van der Waals surface area contributed by atoms with Crippen LogP contribution in [0, 0.1) is 0 Å². The summed E-state index contributed by atoms with van der Waals surface area (Å²) in [4.78, 5) is 35.3. The average molecular weight is 344 g/mol. The number of hydrogen-bond acceptors (Lipinski definition) is 5. The third-order valence-corrected chi connectivity index (χ3v) is 3.54. The van der Waals surface area contributed by atoms with Crippen molar-refractivity contribution in [3.8, 4) is 0 Å². The maximum atomic E-state index is 13.1. The highest BCUT2D eigenvalue weighted by Crippen LogP contribution is 2.30. The Hall–Kier alpha value is -2.70. The van der Waals surface area contributed by atoms with Crippen molar-refractivity contribution in [2.45, 2.75) is 52.2 Å². The summed E-state index contributed by atoms with van der Waals surface area (Å²) >= 11 is 0. The van der Waals surface area contributed by atoms with E-state index >= 15 is 0 Å². The number of rotatable bonds is 5. The Morgan fingerprint density at radius 3 is 2.28 bits per heavy atom. The standard InChI is InChI=1S/C18H24N4O3/c1-12(2)21-16(23)15(13-6-8-19-9-7-13)22(18(3,4)5)17(24)14-10-20-11-25-14/h6-12,15H,1-5H3,(H,21,23). The summed E-state index contributed by atoms with van der Waals surface area (Å²) in [6, 6.07) is 2.59. The molecule has 2 aromatic heterocycles. The molecule has 2 aromatic rings. The van der Waals surface area contributed by atoms with E-state index in [-0.39, 0.29) is 17.7 Å². The summed E-state index contributed by atoms with van der Waals surface area (Å²) < 4.78 is 5.17. The summed E-state index contributed by atoms with van der Waals surface area (Å²) in [6.07, 6.45) is 5.75. The van der Waals surface area contributed by atoms with E-state index < -0.39 is 17.5 Å². The van der Waals surface area contributed by atoms with E-state index in [4.69, 9.17) is 4.42 Å². The van der Waals surface area contributed by atoms with E-state index in [1.54, 1.807) is 24.5 Å². The lowest BCUT2D eigenvalue weighted by Crippen LogP contribution is -2.53. The summed E-state index contributed by atoms with van der Waals surface area (Å²) in [7, 11) is 0. The Kier molecular flexibility index (Phi) is 5.56. The van der Waals surface area contributed by atoms with Crippen LogP contribution in [0.5, 0.6) is 0 Å². The van der Waals surface area contributed by atoms with Gasteiger partial charge in [0.1, 0.15) is 6.04 Å². The first-order valence-corrected chi connectivity index (χ1v) is 8.14. The molecule has 0 aliphatic rings. The first-order valence-electron chi connectivity index (χ1n) is 8.14. The zero-order valence-corrected chi connectivity index (χ0v) is 15.2. The van der Waals surface area contributed by atoms with E-state index in [2.05, 4.69) is 15.3 Å². The fourth-order valence-electron chi connectivity index (χ4n) is 2.58. The number of aromatic nitrogens is 2. The molecule has 0 spiro atoms. The number of oxazole rings is 1. The molecule has 2 rings (SSSR count). The highest BCUT2D eigenvalue weighted by Gasteiger charge is 2.40. The lowest BCUT2D eigenvalue weighted by Gasteiger charge is -2.40. The number of amides is 2. The van der Waals surface area contributed by atoms with Crippen LogP contribution in [0.15, 0.2) is 41.5 Å². The van der Waals surface area contributed by atoms with Crippen LogP contribution in [0.3, 0.4) is 0 Å². The Morgan fingerprint density at radius 2 is 1.80 bits per heavy atom. The highest BCUT2D eigenvalue weighted by atomic mass is 16.3. The van der Waals surface area contributed by atoms with Crippen LogP contribution in [-0.2, 0) is 4.79 Å². The molecule has 0 saturated carbocycles. The summed E-state index contributed by atoms with van der Waals surface area (Å²) in [6.45, 7) is 9.37. The Balaban J connectivity index is 2.53. The quantitative estimate of drug-likeness (QED) is 0.900. The van der Waals surface area contributed by atoms with Crippen molar-refractivity contribution in [2.24, 2.45) is 0 Å². The van der Waals surface area contributed by atoms with Crippen molar-refractivity contribution in [3.63, 3.8) is 0 Å². The van der Waals surface area contributed by atoms with Gasteiger partial charge in [-0.1, -0.05) is 0 Å².